The molecule has 0 bridgehead atoms. The van der Waals surface area contributed by atoms with Crippen LogP contribution in [0.4, 0.5) is 11.4 Å². The number of esters is 1. The van der Waals surface area contributed by atoms with Crippen LogP contribution in [0.5, 0.6) is 0 Å². The van der Waals surface area contributed by atoms with Crippen LogP contribution < -0.4 is 15.6 Å². The zero-order valence-corrected chi connectivity index (χ0v) is 23.6. The second-order valence-electron chi connectivity index (χ2n) is 9.42. The van der Waals surface area contributed by atoms with Gasteiger partial charge in [0.1, 0.15) is 5.69 Å². The highest BCUT2D eigenvalue weighted by Crippen LogP contribution is 2.21. The van der Waals surface area contributed by atoms with Crippen molar-refractivity contribution in [2.75, 3.05) is 10.0 Å². The van der Waals surface area contributed by atoms with Gasteiger partial charge >= 0.3 is 5.97 Å². The van der Waals surface area contributed by atoms with Gasteiger partial charge in [0, 0.05) is 12.7 Å². The van der Waals surface area contributed by atoms with Crippen molar-refractivity contribution < 1.29 is 22.7 Å². The van der Waals surface area contributed by atoms with Crippen molar-refractivity contribution in [3.63, 3.8) is 0 Å². The summed E-state index contributed by atoms with van der Waals surface area (Å²) in [5, 5.41) is 2.57. The molecule has 1 heterocycles. The Labute approximate surface area is 232 Å². The zero-order chi connectivity index (χ0) is 29.2. The molecular weight excluding hydrogens is 532 g/mol. The molecule has 0 fully saturated rings. The van der Waals surface area contributed by atoms with E-state index in [-0.39, 0.29) is 16.1 Å². The Kier molecular flexibility index (Phi) is 7.96. The van der Waals surface area contributed by atoms with Crippen molar-refractivity contribution in [1.82, 2.24) is 9.36 Å². The van der Waals surface area contributed by atoms with Gasteiger partial charge in [-0.1, -0.05) is 42.0 Å². The van der Waals surface area contributed by atoms with E-state index < -0.39 is 33.6 Å². The molecular formula is C29H30N4O6S. The van der Waals surface area contributed by atoms with Crippen LogP contribution in [0.3, 0.4) is 0 Å². The molecule has 0 aliphatic rings. The molecule has 1 unspecified atom stereocenters. The van der Waals surface area contributed by atoms with E-state index in [2.05, 4.69) is 10.0 Å². The van der Waals surface area contributed by atoms with Crippen molar-refractivity contribution in [2.45, 2.75) is 38.7 Å². The fourth-order valence-electron chi connectivity index (χ4n) is 4.04. The molecule has 0 saturated carbocycles. The second-order valence-corrected chi connectivity index (χ2v) is 11.1. The maximum Gasteiger partial charge on any atom is 0.339 e. The summed E-state index contributed by atoms with van der Waals surface area (Å²) < 4.78 is 36.8. The number of benzene rings is 3. The molecule has 3 aromatic carbocycles. The van der Waals surface area contributed by atoms with Gasteiger partial charge in [-0.05, 0) is 69.7 Å². The number of amides is 1. The lowest BCUT2D eigenvalue weighted by molar-refractivity contribution is -0.123. The number of aryl methyl sites for hydroxylation is 2. The average Bonchev–Trinajstić information content (AvgIpc) is 3.13. The first kappa shape index (κ1) is 28.4. The van der Waals surface area contributed by atoms with Gasteiger partial charge < -0.3 is 10.1 Å². The number of ether oxygens (including phenoxy) is 1. The third kappa shape index (κ3) is 5.84. The van der Waals surface area contributed by atoms with Crippen LogP contribution in [0.2, 0.25) is 0 Å². The molecule has 0 radical (unpaired) electrons. The Morgan fingerprint density at radius 2 is 1.57 bits per heavy atom. The molecule has 4 rings (SSSR count). The van der Waals surface area contributed by atoms with Gasteiger partial charge in [0.05, 0.1) is 21.8 Å². The van der Waals surface area contributed by atoms with Crippen LogP contribution in [0.25, 0.3) is 5.69 Å². The van der Waals surface area contributed by atoms with E-state index in [0.717, 1.165) is 5.56 Å². The van der Waals surface area contributed by atoms with Gasteiger partial charge in [0.15, 0.2) is 6.10 Å². The van der Waals surface area contributed by atoms with E-state index in [4.69, 9.17) is 4.74 Å². The molecule has 11 heteroatoms. The van der Waals surface area contributed by atoms with Gasteiger partial charge in [-0.15, -0.1) is 0 Å². The minimum Gasteiger partial charge on any atom is -0.449 e. The summed E-state index contributed by atoms with van der Waals surface area (Å²) in [5.41, 5.74) is 2.58. The number of hydrogen-bond donors (Lipinski definition) is 2. The van der Waals surface area contributed by atoms with E-state index in [1.807, 2.05) is 13.0 Å². The molecule has 0 aliphatic heterocycles. The average molecular weight is 563 g/mol. The van der Waals surface area contributed by atoms with Gasteiger partial charge in [-0.25, -0.2) is 17.9 Å². The van der Waals surface area contributed by atoms with Crippen LogP contribution in [-0.4, -0.2) is 35.8 Å². The number of nitrogens with one attached hydrogen (secondary N) is 2. The van der Waals surface area contributed by atoms with Crippen LogP contribution >= 0.6 is 0 Å². The van der Waals surface area contributed by atoms with E-state index >= 15 is 0 Å². The van der Waals surface area contributed by atoms with E-state index in [9.17, 15) is 22.8 Å². The lowest BCUT2D eigenvalue weighted by Crippen LogP contribution is -2.32. The zero-order valence-electron chi connectivity index (χ0n) is 22.8. The number of sulfonamides is 1. The third-order valence-corrected chi connectivity index (χ3v) is 7.88. The normalized spacial score (nSPS) is 12.0. The molecule has 1 amide bonds. The molecule has 2 N–H and O–H groups in total. The Morgan fingerprint density at radius 1 is 0.925 bits per heavy atom. The van der Waals surface area contributed by atoms with Crippen LogP contribution in [0.1, 0.15) is 34.1 Å². The summed E-state index contributed by atoms with van der Waals surface area (Å²) in [6, 6.07) is 19.9. The number of carbonyl (C=O) groups is 2. The largest absolute Gasteiger partial charge is 0.449 e. The summed E-state index contributed by atoms with van der Waals surface area (Å²) in [5.74, 6) is -1.58. The maximum absolute atomic E-state index is 13.1. The van der Waals surface area contributed by atoms with Crippen molar-refractivity contribution >= 4 is 33.3 Å². The summed E-state index contributed by atoms with van der Waals surface area (Å²) in [6.07, 6.45) is -1.28. The third-order valence-electron chi connectivity index (χ3n) is 6.50. The number of nitrogens with zero attached hydrogens (tertiary/aromatic N) is 2. The van der Waals surface area contributed by atoms with Crippen molar-refractivity contribution in [1.29, 1.82) is 0 Å². The highest BCUT2D eigenvalue weighted by Gasteiger charge is 2.25. The Bertz CT molecular complexity index is 1740. The first-order valence-corrected chi connectivity index (χ1v) is 13.9. The highest BCUT2D eigenvalue weighted by molar-refractivity contribution is 7.92. The molecule has 4 aromatic rings. The lowest BCUT2D eigenvalue weighted by Gasteiger charge is -2.15. The van der Waals surface area contributed by atoms with Crippen LogP contribution in [0, 0.1) is 20.8 Å². The standard InChI is InChI=1S/C29H30N4O6S/c1-18-11-14-22(15-12-18)31-40(37,38)24-16-13-19(2)25(17-24)29(36)39-21(4)27(34)30-26-20(3)32(5)33(28(26)35)23-9-7-6-8-10-23/h6-17,21,31H,1-5H3,(H,30,34). The van der Waals surface area contributed by atoms with Gasteiger partial charge in [-0.3, -0.25) is 19.0 Å². The molecule has 0 saturated heterocycles. The number of aromatic nitrogens is 2. The monoisotopic (exact) mass is 562 g/mol. The summed E-state index contributed by atoms with van der Waals surface area (Å²) in [7, 11) is -2.30. The fraction of sp³-hybridized carbons (Fsp3) is 0.207. The van der Waals surface area contributed by atoms with Crippen molar-refractivity contribution in [3.8, 4) is 5.69 Å². The minimum absolute atomic E-state index is 0.00578. The van der Waals surface area contributed by atoms with Gasteiger partial charge in [0.2, 0.25) is 0 Å². The second kappa shape index (κ2) is 11.2. The molecule has 10 nitrogen and oxygen atoms in total. The van der Waals surface area contributed by atoms with E-state index in [1.165, 1.54) is 29.8 Å². The maximum atomic E-state index is 13.1. The Hall–Kier alpha value is -4.64. The van der Waals surface area contributed by atoms with Crippen LogP contribution in [0.15, 0.2) is 82.5 Å². The Morgan fingerprint density at radius 3 is 2.23 bits per heavy atom. The highest BCUT2D eigenvalue weighted by atomic mass is 32.2. The van der Waals surface area contributed by atoms with Crippen LogP contribution in [-0.2, 0) is 26.6 Å². The molecule has 1 atom stereocenters. The van der Waals surface area contributed by atoms with Gasteiger partial charge in [0.25, 0.3) is 21.5 Å². The molecule has 1 aromatic heterocycles. The first-order valence-electron chi connectivity index (χ1n) is 12.4. The van der Waals surface area contributed by atoms with Gasteiger partial charge in [-0.2, -0.15) is 0 Å². The summed E-state index contributed by atoms with van der Waals surface area (Å²) in [4.78, 5) is 38.9. The first-order chi connectivity index (χ1) is 18.9. The minimum atomic E-state index is -4.00. The number of hydrogen-bond acceptors (Lipinski definition) is 6. The number of anilines is 2. The number of rotatable bonds is 8. The molecule has 0 aliphatic carbocycles. The predicted molar refractivity (Wildman–Crippen MR) is 152 cm³/mol. The Balaban J connectivity index is 1.51. The smallest absolute Gasteiger partial charge is 0.339 e. The molecule has 208 valence electrons. The van der Waals surface area contributed by atoms with Crippen molar-refractivity contribution in [3.05, 3.63) is 106 Å². The molecule has 40 heavy (non-hydrogen) atoms. The van der Waals surface area contributed by atoms with E-state index in [0.29, 0.717) is 22.6 Å². The lowest BCUT2D eigenvalue weighted by atomic mass is 10.1. The van der Waals surface area contributed by atoms with E-state index in [1.54, 1.807) is 74.1 Å². The summed E-state index contributed by atoms with van der Waals surface area (Å²) >= 11 is 0. The quantitative estimate of drug-likeness (QED) is 0.312. The predicted octanol–water partition coefficient (Wildman–Crippen LogP) is 4.09. The number of carbonyl (C=O) groups excluding carboxylic acids is 2. The SMILES string of the molecule is Cc1ccc(NS(=O)(=O)c2ccc(C)c(C(=O)OC(C)C(=O)Nc3c(C)n(C)n(-c4ccccc4)c3=O)c2)cc1. The summed E-state index contributed by atoms with van der Waals surface area (Å²) in [6.45, 7) is 6.58. The number of para-hydroxylation sites is 1. The fourth-order valence-corrected chi connectivity index (χ4v) is 5.12. The topological polar surface area (TPSA) is 128 Å². The molecule has 0 spiro atoms. The van der Waals surface area contributed by atoms with Crippen molar-refractivity contribution in [2.24, 2.45) is 7.05 Å².